The van der Waals surface area contributed by atoms with E-state index in [0.717, 1.165) is 0 Å². The Kier molecular flexibility index (Phi) is 15.2. The lowest BCUT2D eigenvalue weighted by molar-refractivity contribution is 0.600. The fourth-order valence-electron chi connectivity index (χ4n) is 3.54. The molecule has 0 bridgehead atoms. The third-order valence-electron chi connectivity index (χ3n) is 5.25. The van der Waals surface area contributed by atoms with E-state index >= 15 is 0 Å². The lowest BCUT2D eigenvalue weighted by Crippen LogP contribution is -2.07. The van der Waals surface area contributed by atoms with Crippen LogP contribution in [-0.2, 0) is 0 Å². The molecule has 0 unspecified atom stereocenters. The molecule has 0 radical (unpaired) electrons. The van der Waals surface area contributed by atoms with Gasteiger partial charge >= 0.3 is 0 Å². The molecule has 0 saturated heterocycles. The van der Waals surface area contributed by atoms with Crippen LogP contribution in [0.3, 0.4) is 0 Å². The van der Waals surface area contributed by atoms with Crippen LogP contribution < -0.4 is 5.30 Å². The molecule has 0 atom stereocenters. The van der Waals surface area contributed by atoms with Gasteiger partial charge in [0.2, 0.25) is 0 Å². The molecule has 1 aromatic carbocycles. The fourth-order valence-corrected chi connectivity index (χ4v) is 6.06. The molecule has 0 aliphatic heterocycles. The van der Waals surface area contributed by atoms with Crippen LogP contribution in [0.4, 0.5) is 4.39 Å². The first-order valence-electron chi connectivity index (χ1n) is 11.3. The maximum Gasteiger partial charge on any atom is 0.123 e. The predicted octanol–water partition coefficient (Wildman–Crippen LogP) is 8.43. The minimum Gasteiger partial charge on any atom is -0.207 e. The van der Waals surface area contributed by atoms with Crippen molar-refractivity contribution in [3.8, 4) is 0 Å². The Morgan fingerprint density at radius 2 is 0.962 bits per heavy atom. The lowest BCUT2D eigenvalue weighted by Gasteiger charge is -2.18. The van der Waals surface area contributed by atoms with E-state index in [4.69, 9.17) is 0 Å². The summed E-state index contributed by atoms with van der Waals surface area (Å²) in [6.07, 6.45) is 22.0. The molecule has 26 heavy (non-hydrogen) atoms. The summed E-state index contributed by atoms with van der Waals surface area (Å²) in [5, 5.41) is 1.42. The van der Waals surface area contributed by atoms with Crippen LogP contribution in [0, 0.1) is 5.82 Å². The van der Waals surface area contributed by atoms with Gasteiger partial charge in [0.1, 0.15) is 5.82 Å². The van der Waals surface area contributed by atoms with Crippen molar-refractivity contribution in [3.63, 3.8) is 0 Å². The average Bonchev–Trinajstić information content (AvgIpc) is 2.65. The molecule has 1 aromatic rings. The second-order valence-corrected chi connectivity index (χ2v) is 10.2. The van der Waals surface area contributed by atoms with E-state index in [9.17, 15) is 4.39 Å². The lowest BCUT2D eigenvalue weighted by atomic mass is 10.1. The molecule has 0 aliphatic carbocycles. The summed E-state index contributed by atoms with van der Waals surface area (Å²) in [4.78, 5) is 0. The van der Waals surface area contributed by atoms with Gasteiger partial charge in [-0.05, 0) is 42.6 Å². The Bertz CT molecular complexity index is 397. The van der Waals surface area contributed by atoms with E-state index < -0.39 is 0 Å². The normalized spacial score (nSPS) is 11.4. The molecule has 150 valence electrons. The second kappa shape index (κ2) is 16.7. The van der Waals surface area contributed by atoms with Crippen LogP contribution in [0.5, 0.6) is 0 Å². The molecule has 0 N–H and O–H groups in total. The van der Waals surface area contributed by atoms with Crippen LogP contribution in [-0.4, -0.2) is 12.3 Å². The number of hydrogen-bond donors (Lipinski definition) is 0. The monoisotopic (exact) mass is 380 g/mol. The van der Waals surface area contributed by atoms with Crippen molar-refractivity contribution in [2.45, 2.75) is 104 Å². The van der Waals surface area contributed by atoms with Crippen molar-refractivity contribution < 1.29 is 4.39 Å². The summed E-state index contributed by atoms with van der Waals surface area (Å²) in [7, 11) is -0.0900. The van der Waals surface area contributed by atoms with E-state index in [1.807, 2.05) is 12.1 Å². The molecule has 0 spiro atoms. The molecule has 0 nitrogen and oxygen atoms in total. The van der Waals surface area contributed by atoms with Crippen molar-refractivity contribution in [3.05, 3.63) is 30.1 Å². The zero-order valence-corrected chi connectivity index (χ0v) is 18.3. The number of unbranched alkanes of at least 4 members (excludes halogenated alkanes) is 12. The van der Waals surface area contributed by atoms with Gasteiger partial charge in [-0.1, -0.05) is 111 Å². The maximum absolute atomic E-state index is 13.3. The molecule has 1 rings (SSSR count). The molecule has 0 heterocycles. The number of rotatable bonds is 17. The predicted molar refractivity (Wildman–Crippen MR) is 119 cm³/mol. The first kappa shape index (κ1) is 23.6. The minimum atomic E-state index is -0.101. The SMILES string of the molecule is CCCCCCCCCP(CCCCCCCCC)c1ccc(F)cc1. The second-order valence-electron chi connectivity index (χ2n) is 7.71. The van der Waals surface area contributed by atoms with Crippen molar-refractivity contribution in [2.75, 3.05) is 12.3 Å². The Labute approximate surface area is 164 Å². The standard InChI is InChI=1S/C24H42FP/c1-3-5-7-9-11-13-15-21-26(24-19-17-23(25)18-20-24)22-16-14-12-10-8-6-4-2/h17-20H,3-16,21-22H2,1-2H3. The summed E-state index contributed by atoms with van der Waals surface area (Å²) in [5.74, 6) is -0.101. The van der Waals surface area contributed by atoms with E-state index in [0.29, 0.717) is 0 Å². The first-order chi connectivity index (χ1) is 12.8. The molecular weight excluding hydrogens is 338 g/mol. The summed E-state index contributed by atoms with van der Waals surface area (Å²) in [6, 6.07) is 7.40. The molecule has 2 heteroatoms. The fraction of sp³-hybridized carbons (Fsp3) is 0.750. The van der Waals surface area contributed by atoms with Crippen LogP contribution in [0.15, 0.2) is 24.3 Å². The van der Waals surface area contributed by atoms with Gasteiger partial charge in [-0.2, -0.15) is 0 Å². The first-order valence-corrected chi connectivity index (χ1v) is 13.0. The quantitative estimate of drug-likeness (QED) is 0.188. The van der Waals surface area contributed by atoms with Crippen molar-refractivity contribution in [2.24, 2.45) is 0 Å². The van der Waals surface area contributed by atoms with Crippen LogP contribution in [0.2, 0.25) is 0 Å². The number of benzene rings is 1. The Balaban J connectivity index is 2.29. The summed E-state index contributed by atoms with van der Waals surface area (Å²) < 4.78 is 13.3. The van der Waals surface area contributed by atoms with Crippen LogP contribution >= 0.6 is 7.92 Å². The van der Waals surface area contributed by atoms with Gasteiger partial charge in [0.15, 0.2) is 0 Å². The van der Waals surface area contributed by atoms with Crippen LogP contribution in [0.1, 0.15) is 104 Å². The highest BCUT2D eigenvalue weighted by atomic mass is 31.1. The Morgan fingerprint density at radius 3 is 1.38 bits per heavy atom. The maximum atomic E-state index is 13.3. The van der Waals surface area contributed by atoms with Crippen molar-refractivity contribution >= 4 is 13.2 Å². The van der Waals surface area contributed by atoms with E-state index in [1.165, 1.54) is 108 Å². The zero-order valence-electron chi connectivity index (χ0n) is 17.4. The largest absolute Gasteiger partial charge is 0.207 e. The molecule has 0 aliphatic rings. The topological polar surface area (TPSA) is 0 Å². The highest BCUT2D eigenvalue weighted by molar-refractivity contribution is 7.65. The summed E-state index contributed by atoms with van der Waals surface area (Å²) >= 11 is 0. The zero-order chi connectivity index (χ0) is 18.9. The molecule has 0 amide bonds. The Morgan fingerprint density at radius 1 is 0.577 bits per heavy atom. The summed E-state index contributed by atoms with van der Waals surface area (Å²) in [6.45, 7) is 4.55. The molecule has 0 fully saturated rings. The van der Waals surface area contributed by atoms with Crippen molar-refractivity contribution in [1.82, 2.24) is 0 Å². The van der Waals surface area contributed by atoms with Gasteiger partial charge < -0.3 is 0 Å². The number of hydrogen-bond acceptors (Lipinski definition) is 0. The summed E-state index contributed by atoms with van der Waals surface area (Å²) in [5.41, 5.74) is 0. The van der Waals surface area contributed by atoms with E-state index in [2.05, 4.69) is 13.8 Å². The third-order valence-corrected chi connectivity index (χ3v) is 8.00. The van der Waals surface area contributed by atoms with Gasteiger partial charge in [0.05, 0.1) is 0 Å². The van der Waals surface area contributed by atoms with Crippen molar-refractivity contribution in [1.29, 1.82) is 0 Å². The average molecular weight is 381 g/mol. The smallest absolute Gasteiger partial charge is 0.123 e. The molecular formula is C24H42FP. The number of halogens is 1. The van der Waals surface area contributed by atoms with Gasteiger partial charge in [-0.15, -0.1) is 0 Å². The molecule has 0 aromatic heterocycles. The van der Waals surface area contributed by atoms with Gasteiger partial charge in [-0.25, -0.2) is 4.39 Å². The van der Waals surface area contributed by atoms with Gasteiger partial charge in [0, 0.05) is 0 Å². The highest BCUT2D eigenvalue weighted by Gasteiger charge is 2.10. The third kappa shape index (κ3) is 12.1. The van der Waals surface area contributed by atoms with Crippen LogP contribution in [0.25, 0.3) is 0 Å². The van der Waals surface area contributed by atoms with Gasteiger partial charge in [0.25, 0.3) is 0 Å². The highest BCUT2D eigenvalue weighted by Crippen LogP contribution is 2.37. The Hall–Kier alpha value is -0.420. The molecule has 0 saturated carbocycles. The van der Waals surface area contributed by atoms with E-state index in [1.54, 1.807) is 12.1 Å². The van der Waals surface area contributed by atoms with E-state index in [-0.39, 0.29) is 13.7 Å². The van der Waals surface area contributed by atoms with Gasteiger partial charge in [-0.3, -0.25) is 0 Å². The minimum absolute atomic E-state index is 0.0900.